The number of rotatable bonds is 3. The summed E-state index contributed by atoms with van der Waals surface area (Å²) in [7, 11) is 0. The lowest BCUT2D eigenvalue weighted by molar-refractivity contribution is -0.148. The van der Waals surface area contributed by atoms with Gasteiger partial charge in [0.25, 0.3) is 0 Å². The van der Waals surface area contributed by atoms with Crippen molar-refractivity contribution in [3.05, 3.63) is 48.0 Å². The van der Waals surface area contributed by atoms with Crippen LogP contribution in [0, 0.1) is 0 Å². The van der Waals surface area contributed by atoms with Gasteiger partial charge in [-0.3, -0.25) is 4.79 Å². The van der Waals surface area contributed by atoms with Crippen molar-refractivity contribution in [3.63, 3.8) is 0 Å². The molecule has 0 amide bonds. The van der Waals surface area contributed by atoms with E-state index in [0.29, 0.717) is 6.42 Å². The molecule has 1 aromatic carbocycles. The van der Waals surface area contributed by atoms with Crippen molar-refractivity contribution in [3.8, 4) is 0 Å². The molecule has 1 aliphatic carbocycles. The number of allylic oxidation sites excluding steroid dienone is 1. The van der Waals surface area contributed by atoms with Crippen LogP contribution in [0.2, 0.25) is 0 Å². The summed E-state index contributed by atoms with van der Waals surface area (Å²) in [6.07, 6.45) is 7.52. The highest BCUT2D eigenvalue weighted by Gasteiger charge is 2.14. The minimum atomic E-state index is -0.119. The fourth-order valence-electron chi connectivity index (χ4n) is 1.86. The Morgan fingerprint density at radius 1 is 1.25 bits per heavy atom. The molecule has 0 radical (unpaired) electrons. The third-order valence-electron chi connectivity index (χ3n) is 2.71. The van der Waals surface area contributed by atoms with E-state index in [2.05, 4.69) is 12.2 Å². The lowest BCUT2D eigenvalue weighted by Crippen LogP contribution is -2.20. The maximum atomic E-state index is 11.6. The summed E-state index contributed by atoms with van der Waals surface area (Å²) in [6.45, 7) is 0. The Morgan fingerprint density at radius 2 is 2.06 bits per heavy atom. The minimum absolute atomic E-state index is 0.0845. The Hall–Kier alpha value is -1.57. The molecule has 0 heterocycles. The van der Waals surface area contributed by atoms with Crippen LogP contribution in [-0.2, 0) is 16.0 Å². The topological polar surface area (TPSA) is 26.3 Å². The van der Waals surface area contributed by atoms with E-state index in [4.69, 9.17) is 4.74 Å². The molecular formula is C14H16O2. The molecule has 0 N–H and O–H groups in total. The van der Waals surface area contributed by atoms with E-state index in [-0.39, 0.29) is 12.1 Å². The van der Waals surface area contributed by atoms with Gasteiger partial charge in [0.05, 0.1) is 6.42 Å². The molecule has 0 aromatic heterocycles. The van der Waals surface area contributed by atoms with Gasteiger partial charge in [0.15, 0.2) is 0 Å². The number of esters is 1. The first-order chi connectivity index (χ1) is 7.84. The molecule has 2 nitrogen and oxygen atoms in total. The summed E-state index contributed by atoms with van der Waals surface area (Å²) in [4.78, 5) is 11.6. The minimum Gasteiger partial charge on any atom is -0.462 e. The van der Waals surface area contributed by atoms with E-state index in [1.807, 2.05) is 30.3 Å². The molecule has 1 aliphatic rings. The van der Waals surface area contributed by atoms with Crippen molar-refractivity contribution in [1.29, 1.82) is 0 Å². The van der Waals surface area contributed by atoms with Crippen LogP contribution in [0.15, 0.2) is 42.5 Å². The normalized spacial score (nSPS) is 19.4. The van der Waals surface area contributed by atoms with Gasteiger partial charge in [-0.25, -0.2) is 0 Å². The molecule has 0 spiro atoms. The summed E-state index contributed by atoms with van der Waals surface area (Å²) in [6, 6.07) is 9.71. The molecule has 1 atom stereocenters. The van der Waals surface area contributed by atoms with Crippen LogP contribution in [0.25, 0.3) is 0 Å². The largest absolute Gasteiger partial charge is 0.462 e. The van der Waals surface area contributed by atoms with E-state index < -0.39 is 0 Å². The smallest absolute Gasteiger partial charge is 0.310 e. The average Bonchev–Trinajstić information content (AvgIpc) is 2.31. The summed E-state index contributed by atoms with van der Waals surface area (Å²) < 4.78 is 5.41. The third kappa shape index (κ3) is 3.23. The van der Waals surface area contributed by atoms with Crippen LogP contribution in [0.4, 0.5) is 0 Å². The summed E-state index contributed by atoms with van der Waals surface area (Å²) in [5.74, 6) is -0.119. The van der Waals surface area contributed by atoms with Crippen molar-refractivity contribution in [2.24, 2.45) is 0 Å². The van der Waals surface area contributed by atoms with Gasteiger partial charge in [0.1, 0.15) is 6.10 Å². The lowest BCUT2D eigenvalue weighted by atomic mass is 10.0. The van der Waals surface area contributed by atoms with Crippen molar-refractivity contribution in [2.45, 2.75) is 31.8 Å². The molecule has 0 bridgehead atoms. The predicted octanol–water partition coefficient (Wildman–Crippen LogP) is 2.88. The number of hydrogen-bond acceptors (Lipinski definition) is 2. The van der Waals surface area contributed by atoms with Crippen LogP contribution >= 0.6 is 0 Å². The predicted molar refractivity (Wildman–Crippen MR) is 63.0 cm³/mol. The van der Waals surface area contributed by atoms with Crippen LogP contribution in [0.1, 0.15) is 24.8 Å². The zero-order valence-electron chi connectivity index (χ0n) is 9.26. The molecular weight excluding hydrogens is 200 g/mol. The number of carbonyl (C=O) groups is 1. The first kappa shape index (κ1) is 10.9. The fraction of sp³-hybridized carbons (Fsp3) is 0.357. The molecule has 2 rings (SSSR count). The molecule has 0 saturated heterocycles. The van der Waals surface area contributed by atoms with E-state index >= 15 is 0 Å². The Balaban J connectivity index is 1.82. The van der Waals surface area contributed by atoms with Crippen molar-refractivity contribution < 1.29 is 9.53 Å². The maximum Gasteiger partial charge on any atom is 0.310 e. The highest BCUT2D eigenvalue weighted by Crippen LogP contribution is 2.15. The van der Waals surface area contributed by atoms with Gasteiger partial charge < -0.3 is 4.74 Å². The van der Waals surface area contributed by atoms with Gasteiger partial charge >= 0.3 is 5.97 Å². The zero-order valence-corrected chi connectivity index (χ0v) is 9.26. The van der Waals surface area contributed by atoms with Crippen molar-refractivity contribution in [1.82, 2.24) is 0 Å². The molecule has 0 fully saturated rings. The van der Waals surface area contributed by atoms with E-state index in [0.717, 1.165) is 24.8 Å². The Morgan fingerprint density at radius 3 is 2.75 bits per heavy atom. The third-order valence-corrected chi connectivity index (χ3v) is 2.71. The molecule has 1 unspecified atom stereocenters. The summed E-state index contributed by atoms with van der Waals surface area (Å²) in [5.41, 5.74) is 1.01. The van der Waals surface area contributed by atoms with Gasteiger partial charge in [-0.1, -0.05) is 42.5 Å². The van der Waals surface area contributed by atoms with Crippen LogP contribution in [-0.4, -0.2) is 12.1 Å². The highest BCUT2D eigenvalue weighted by atomic mass is 16.5. The Labute approximate surface area is 95.9 Å². The Kier molecular flexibility index (Phi) is 3.76. The first-order valence-corrected chi connectivity index (χ1v) is 5.73. The molecule has 1 aromatic rings. The molecule has 16 heavy (non-hydrogen) atoms. The fourth-order valence-corrected chi connectivity index (χ4v) is 1.86. The summed E-state index contributed by atoms with van der Waals surface area (Å²) in [5, 5.41) is 0. The van der Waals surface area contributed by atoms with Gasteiger partial charge in [-0.15, -0.1) is 0 Å². The van der Waals surface area contributed by atoms with Gasteiger partial charge in [-0.2, -0.15) is 0 Å². The van der Waals surface area contributed by atoms with Crippen LogP contribution in [0.3, 0.4) is 0 Å². The quantitative estimate of drug-likeness (QED) is 0.573. The number of ether oxygens (including phenoxy) is 1. The van der Waals surface area contributed by atoms with Crippen molar-refractivity contribution in [2.75, 3.05) is 0 Å². The molecule has 0 saturated carbocycles. The van der Waals surface area contributed by atoms with E-state index in [9.17, 15) is 4.79 Å². The van der Waals surface area contributed by atoms with Gasteiger partial charge in [0, 0.05) is 6.42 Å². The van der Waals surface area contributed by atoms with Gasteiger partial charge in [0.2, 0.25) is 0 Å². The van der Waals surface area contributed by atoms with Gasteiger partial charge in [-0.05, 0) is 18.4 Å². The number of benzene rings is 1. The second-order valence-electron chi connectivity index (χ2n) is 4.06. The highest BCUT2D eigenvalue weighted by molar-refractivity contribution is 5.72. The standard InChI is InChI=1S/C14H16O2/c15-14(11-12-7-3-1-4-8-12)16-13-9-5-2-6-10-13/h1-5,7-8,13H,6,9-11H2. The monoisotopic (exact) mass is 216 g/mol. The maximum absolute atomic E-state index is 11.6. The van der Waals surface area contributed by atoms with Crippen LogP contribution < -0.4 is 0 Å². The lowest BCUT2D eigenvalue weighted by Gasteiger charge is -2.18. The molecule has 84 valence electrons. The van der Waals surface area contributed by atoms with E-state index in [1.54, 1.807) is 0 Å². The SMILES string of the molecule is O=C(Cc1ccccc1)OC1CC=CCC1. The molecule has 2 heteroatoms. The first-order valence-electron chi connectivity index (χ1n) is 5.73. The number of hydrogen-bond donors (Lipinski definition) is 0. The second-order valence-corrected chi connectivity index (χ2v) is 4.06. The van der Waals surface area contributed by atoms with E-state index in [1.165, 1.54) is 0 Å². The van der Waals surface area contributed by atoms with Crippen LogP contribution in [0.5, 0.6) is 0 Å². The van der Waals surface area contributed by atoms with Crippen molar-refractivity contribution >= 4 is 5.97 Å². The second kappa shape index (κ2) is 5.50. The molecule has 0 aliphatic heterocycles. The Bertz CT molecular complexity index is 368. The zero-order chi connectivity index (χ0) is 11.2. The summed E-state index contributed by atoms with van der Waals surface area (Å²) >= 11 is 0. The number of carbonyl (C=O) groups excluding carboxylic acids is 1. The average molecular weight is 216 g/mol.